The molecule has 2 N–H and O–H groups in total. The summed E-state index contributed by atoms with van der Waals surface area (Å²) in [5.74, 6) is 1.43. The number of hydrogen-bond acceptors (Lipinski definition) is 7. The van der Waals surface area contributed by atoms with Gasteiger partial charge in [-0.15, -0.1) is 10.2 Å². The average Bonchev–Trinajstić information content (AvgIpc) is 3.22. The van der Waals surface area contributed by atoms with E-state index in [1.54, 1.807) is 6.20 Å². The molecule has 4 heterocycles. The lowest BCUT2D eigenvalue weighted by Crippen LogP contribution is -2.34. The van der Waals surface area contributed by atoms with Gasteiger partial charge in [-0.25, -0.2) is 5.43 Å². The third kappa shape index (κ3) is 2.29. The molecule has 8 heteroatoms. The van der Waals surface area contributed by atoms with Crippen LogP contribution >= 0.6 is 11.3 Å². The van der Waals surface area contributed by atoms with Crippen molar-refractivity contribution in [3.8, 4) is 10.6 Å². The molecule has 0 spiro atoms. The van der Waals surface area contributed by atoms with Gasteiger partial charge in [0.1, 0.15) is 5.01 Å². The fourth-order valence-electron chi connectivity index (χ4n) is 2.64. The molecule has 7 nitrogen and oxygen atoms in total. The Bertz CT molecular complexity index is 779. The third-order valence-corrected chi connectivity index (χ3v) is 4.92. The Hall–Kier alpha value is -1.90. The quantitative estimate of drug-likeness (QED) is 0.767. The minimum atomic E-state index is 0.131. The predicted octanol–water partition coefficient (Wildman–Crippen LogP) is 1.81. The van der Waals surface area contributed by atoms with E-state index in [0.29, 0.717) is 12.0 Å². The molecule has 3 aromatic heterocycles. The number of rotatable bonds is 3. The molecule has 1 aliphatic heterocycles. The van der Waals surface area contributed by atoms with Crippen LogP contribution in [0.2, 0.25) is 0 Å². The zero-order valence-corrected chi connectivity index (χ0v) is 13.2. The molecule has 1 aliphatic rings. The first-order chi connectivity index (χ1) is 10.7. The Balaban J connectivity index is 1.67. The average molecular weight is 315 g/mol. The molecule has 1 saturated heterocycles. The van der Waals surface area contributed by atoms with E-state index in [9.17, 15) is 0 Å². The molecule has 2 unspecified atom stereocenters. The number of pyridine rings is 1. The van der Waals surface area contributed by atoms with E-state index in [0.717, 1.165) is 27.8 Å². The normalized spacial score (nSPS) is 22.0. The van der Waals surface area contributed by atoms with Crippen LogP contribution in [0.25, 0.3) is 15.5 Å². The van der Waals surface area contributed by atoms with Crippen LogP contribution in [0.15, 0.2) is 24.5 Å². The van der Waals surface area contributed by atoms with Crippen LogP contribution in [0, 0.1) is 5.92 Å². The first kappa shape index (κ1) is 13.7. The van der Waals surface area contributed by atoms with E-state index < -0.39 is 0 Å². The summed E-state index contributed by atoms with van der Waals surface area (Å²) in [7, 11) is 0. The maximum Gasteiger partial charge on any atom is 0.235 e. The van der Waals surface area contributed by atoms with Crippen molar-refractivity contribution in [2.24, 2.45) is 5.92 Å². The van der Waals surface area contributed by atoms with Crippen LogP contribution in [0.3, 0.4) is 0 Å². The molecule has 4 rings (SSSR count). The second kappa shape index (κ2) is 5.38. The molecular weight excluding hydrogens is 298 g/mol. The zero-order valence-electron chi connectivity index (χ0n) is 12.4. The minimum Gasteiger partial charge on any atom is -0.264 e. The Kier molecular flexibility index (Phi) is 3.36. The zero-order chi connectivity index (χ0) is 15.1. The summed E-state index contributed by atoms with van der Waals surface area (Å²) in [5, 5.41) is 14.1. The first-order valence-corrected chi connectivity index (χ1v) is 8.17. The van der Waals surface area contributed by atoms with Crippen molar-refractivity contribution < 1.29 is 0 Å². The summed E-state index contributed by atoms with van der Waals surface area (Å²) < 4.78 is 1.84. The van der Waals surface area contributed by atoms with Crippen LogP contribution in [0.4, 0.5) is 0 Å². The second-order valence-corrected chi connectivity index (χ2v) is 6.78. The molecular formula is C14H17N7S. The molecule has 2 atom stereocenters. The Labute approximate surface area is 131 Å². The lowest BCUT2D eigenvalue weighted by atomic mass is 9.99. The summed E-state index contributed by atoms with van der Waals surface area (Å²) in [6.07, 6.45) is 4.56. The Morgan fingerprint density at radius 1 is 1.32 bits per heavy atom. The van der Waals surface area contributed by atoms with Crippen molar-refractivity contribution in [1.82, 2.24) is 35.6 Å². The van der Waals surface area contributed by atoms with E-state index in [-0.39, 0.29) is 6.04 Å². The minimum absolute atomic E-state index is 0.131. The maximum atomic E-state index is 4.66. The fraction of sp³-hybridized carbons (Fsp3) is 0.429. The van der Waals surface area contributed by atoms with Gasteiger partial charge < -0.3 is 0 Å². The lowest BCUT2D eigenvalue weighted by Gasteiger charge is -2.12. The van der Waals surface area contributed by atoms with Gasteiger partial charge in [0.2, 0.25) is 4.96 Å². The van der Waals surface area contributed by atoms with Crippen molar-refractivity contribution in [3.05, 3.63) is 30.4 Å². The molecule has 0 saturated carbocycles. The van der Waals surface area contributed by atoms with Crippen molar-refractivity contribution in [3.63, 3.8) is 0 Å². The van der Waals surface area contributed by atoms with Crippen LogP contribution in [-0.2, 0) is 0 Å². The molecule has 3 aromatic rings. The highest BCUT2D eigenvalue weighted by Gasteiger charge is 2.31. The molecule has 0 aliphatic carbocycles. The monoisotopic (exact) mass is 315 g/mol. The van der Waals surface area contributed by atoms with Crippen LogP contribution in [0.5, 0.6) is 0 Å². The van der Waals surface area contributed by atoms with Gasteiger partial charge in [-0.1, -0.05) is 25.2 Å². The van der Waals surface area contributed by atoms with E-state index in [4.69, 9.17) is 0 Å². The lowest BCUT2D eigenvalue weighted by molar-refractivity contribution is 0.431. The van der Waals surface area contributed by atoms with E-state index >= 15 is 0 Å². The van der Waals surface area contributed by atoms with E-state index in [1.165, 1.54) is 11.3 Å². The number of nitrogens with zero attached hydrogens (tertiary/aromatic N) is 5. The standard InChI is InChI=1S/C14H17N7S/c1-8(2)10-6-11(17-16-10)12-18-19-14-21(12)20-13(22-14)9-4-3-5-15-7-9/h3-5,7-8,10-11,16-17H,6H2,1-2H3. The van der Waals surface area contributed by atoms with Gasteiger partial charge in [0, 0.05) is 24.0 Å². The smallest absolute Gasteiger partial charge is 0.235 e. The van der Waals surface area contributed by atoms with E-state index in [1.807, 2.05) is 22.8 Å². The van der Waals surface area contributed by atoms with Crippen molar-refractivity contribution in [2.45, 2.75) is 32.4 Å². The molecule has 0 radical (unpaired) electrons. The van der Waals surface area contributed by atoms with Crippen LogP contribution < -0.4 is 10.9 Å². The predicted molar refractivity (Wildman–Crippen MR) is 84.1 cm³/mol. The van der Waals surface area contributed by atoms with Gasteiger partial charge >= 0.3 is 0 Å². The van der Waals surface area contributed by atoms with Crippen molar-refractivity contribution in [2.75, 3.05) is 0 Å². The topological polar surface area (TPSA) is 80.0 Å². The van der Waals surface area contributed by atoms with Gasteiger partial charge in [-0.05, 0) is 24.5 Å². The molecule has 0 amide bonds. The summed E-state index contributed by atoms with van der Waals surface area (Å²) in [5.41, 5.74) is 7.64. The van der Waals surface area contributed by atoms with Gasteiger partial charge in [0.15, 0.2) is 5.82 Å². The number of hydrazine groups is 1. The molecule has 1 fully saturated rings. The van der Waals surface area contributed by atoms with Gasteiger partial charge in [-0.3, -0.25) is 10.4 Å². The molecule has 0 bridgehead atoms. The largest absolute Gasteiger partial charge is 0.264 e. The van der Waals surface area contributed by atoms with Crippen LogP contribution in [0.1, 0.15) is 32.1 Å². The highest BCUT2D eigenvalue weighted by atomic mass is 32.1. The highest BCUT2D eigenvalue weighted by Crippen LogP contribution is 2.28. The number of nitrogens with one attached hydrogen (secondary N) is 2. The van der Waals surface area contributed by atoms with Crippen LogP contribution in [-0.4, -0.2) is 30.8 Å². The summed E-state index contributed by atoms with van der Waals surface area (Å²) in [4.78, 5) is 4.95. The SMILES string of the molecule is CC(C)C1CC(c2nnc3sc(-c4cccnc4)nn23)NN1. The van der Waals surface area contributed by atoms with Gasteiger partial charge in [-0.2, -0.15) is 9.61 Å². The third-order valence-electron chi connectivity index (χ3n) is 3.97. The van der Waals surface area contributed by atoms with Crippen molar-refractivity contribution in [1.29, 1.82) is 0 Å². The van der Waals surface area contributed by atoms with Gasteiger partial charge in [0.05, 0.1) is 6.04 Å². The number of aromatic nitrogens is 5. The number of hydrogen-bond donors (Lipinski definition) is 2. The summed E-state index contributed by atoms with van der Waals surface area (Å²) >= 11 is 1.53. The highest BCUT2D eigenvalue weighted by molar-refractivity contribution is 7.19. The second-order valence-electron chi connectivity index (χ2n) is 5.83. The summed E-state index contributed by atoms with van der Waals surface area (Å²) in [6.45, 7) is 4.43. The van der Waals surface area contributed by atoms with Gasteiger partial charge in [0.25, 0.3) is 0 Å². The van der Waals surface area contributed by atoms with E-state index in [2.05, 4.69) is 45.0 Å². The maximum absolute atomic E-state index is 4.66. The Morgan fingerprint density at radius 2 is 2.23 bits per heavy atom. The molecule has 0 aromatic carbocycles. The summed E-state index contributed by atoms with van der Waals surface area (Å²) in [6, 6.07) is 4.48. The molecule has 22 heavy (non-hydrogen) atoms. The number of fused-ring (bicyclic) bond motifs is 1. The Morgan fingerprint density at radius 3 is 2.95 bits per heavy atom. The first-order valence-electron chi connectivity index (χ1n) is 7.36. The fourth-order valence-corrected chi connectivity index (χ4v) is 3.48. The molecule has 114 valence electrons. The van der Waals surface area contributed by atoms with Crippen molar-refractivity contribution >= 4 is 16.3 Å².